The minimum Gasteiger partial charge on any atom is -0.407 e. The molecule has 0 aromatic heterocycles. The van der Waals surface area contributed by atoms with E-state index < -0.39 is 32.4 Å². The van der Waals surface area contributed by atoms with Gasteiger partial charge in [-0.15, -0.1) is 0 Å². The fourth-order valence-corrected chi connectivity index (χ4v) is 9.03. The Labute approximate surface area is 190 Å². The van der Waals surface area contributed by atoms with Crippen LogP contribution in [-0.2, 0) is 18.7 Å². The second kappa shape index (κ2) is 9.56. The maximum atomic E-state index is 11.6. The first-order chi connectivity index (χ1) is 15.1. The molecule has 3 rings (SSSR count). The van der Waals surface area contributed by atoms with E-state index in [1.54, 1.807) is 13.8 Å². The van der Waals surface area contributed by atoms with Crippen LogP contribution in [0.4, 0.5) is 0 Å². The Kier molecular flexibility index (Phi) is 7.22. The van der Waals surface area contributed by atoms with Gasteiger partial charge in [-0.05, 0) is 34.8 Å². The number of aldehydes is 1. The summed E-state index contributed by atoms with van der Waals surface area (Å²) >= 11 is 0. The largest absolute Gasteiger partial charge is 0.407 e. The highest BCUT2D eigenvalue weighted by Gasteiger charge is 2.52. The van der Waals surface area contributed by atoms with Crippen molar-refractivity contribution in [2.45, 2.75) is 63.7 Å². The van der Waals surface area contributed by atoms with Crippen LogP contribution in [0.3, 0.4) is 0 Å². The normalized spacial score (nSPS) is 21.5. The molecule has 0 aliphatic carbocycles. The van der Waals surface area contributed by atoms with Crippen molar-refractivity contribution in [3.63, 3.8) is 0 Å². The topological polar surface area (TPSA) is 93.5 Å². The van der Waals surface area contributed by atoms with Gasteiger partial charge in [0.05, 0.1) is 6.04 Å². The van der Waals surface area contributed by atoms with Crippen molar-refractivity contribution in [3.05, 3.63) is 71.1 Å². The highest BCUT2D eigenvalue weighted by atomic mass is 28.4. The molecule has 1 saturated heterocycles. The predicted molar refractivity (Wildman–Crippen MR) is 126 cm³/mol. The molecule has 1 heterocycles. The number of carbonyl (C=O) groups excluding carboxylic acids is 1. The number of nitrogens with zero attached hydrogens (tertiary/aromatic N) is 3. The molecule has 8 heteroatoms. The first kappa shape index (κ1) is 24.2. The molecular formula is C24H31N3O4Si. The van der Waals surface area contributed by atoms with Crippen molar-refractivity contribution in [3.8, 4) is 0 Å². The average Bonchev–Trinajstić information content (AvgIpc) is 3.08. The van der Waals surface area contributed by atoms with Crippen LogP contribution in [0.15, 0.2) is 65.8 Å². The molecule has 7 nitrogen and oxygen atoms in total. The van der Waals surface area contributed by atoms with Crippen molar-refractivity contribution in [1.82, 2.24) is 0 Å². The van der Waals surface area contributed by atoms with Crippen molar-refractivity contribution < 1.29 is 18.7 Å². The third-order valence-electron chi connectivity index (χ3n) is 5.76. The molecule has 1 fully saturated rings. The first-order valence-corrected chi connectivity index (χ1v) is 12.7. The summed E-state index contributed by atoms with van der Waals surface area (Å²) in [4.78, 5) is 14.7. The minimum atomic E-state index is -2.83. The lowest BCUT2D eigenvalue weighted by Gasteiger charge is -2.43. The van der Waals surface area contributed by atoms with Gasteiger partial charge >= 0.3 is 0 Å². The summed E-state index contributed by atoms with van der Waals surface area (Å²) < 4.78 is 18.5. The number of hydrogen-bond acceptors (Lipinski definition) is 5. The predicted octanol–water partition coefficient (Wildman–Crippen LogP) is 3.96. The van der Waals surface area contributed by atoms with Crippen LogP contribution in [0.25, 0.3) is 10.4 Å². The molecule has 0 radical (unpaired) electrons. The Balaban J connectivity index is 2.05. The lowest BCUT2D eigenvalue weighted by molar-refractivity contribution is -0.151. The summed E-state index contributed by atoms with van der Waals surface area (Å²) in [5.74, 6) is -0.948. The van der Waals surface area contributed by atoms with E-state index in [1.165, 1.54) is 0 Å². The summed E-state index contributed by atoms with van der Waals surface area (Å²) in [6, 6.07) is 19.7. The molecule has 2 aromatic rings. The molecular weight excluding hydrogens is 422 g/mol. The van der Waals surface area contributed by atoms with Gasteiger partial charge in [0.15, 0.2) is 12.1 Å². The quantitative estimate of drug-likeness (QED) is 0.199. The van der Waals surface area contributed by atoms with Crippen molar-refractivity contribution in [2.24, 2.45) is 5.11 Å². The SMILES string of the molecule is CC1(C)O[C@@H]([C@@H](CO[Si](c2ccccc2)(c2ccccc2)C(C)(C)C)N=[N+]=[N-])[C@@H](C=O)O1. The summed E-state index contributed by atoms with van der Waals surface area (Å²) in [6.45, 7) is 10.1. The molecule has 0 amide bonds. The lowest BCUT2D eigenvalue weighted by atomic mass is 10.1. The van der Waals surface area contributed by atoms with Gasteiger partial charge in [-0.3, -0.25) is 0 Å². The van der Waals surface area contributed by atoms with Gasteiger partial charge in [0, 0.05) is 11.5 Å². The summed E-state index contributed by atoms with van der Waals surface area (Å²) in [5.41, 5.74) is 9.24. The lowest BCUT2D eigenvalue weighted by Crippen LogP contribution is -2.67. The van der Waals surface area contributed by atoms with Gasteiger partial charge in [-0.2, -0.15) is 0 Å². The van der Waals surface area contributed by atoms with Gasteiger partial charge in [0.2, 0.25) is 0 Å². The Hall–Kier alpha value is -2.48. The van der Waals surface area contributed by atoms with Gasteiger partial charge in [-0.25, -0.2) is 0 Å². The van der Waals surface area contributed by atoms with Gasteiger partial charge in [-0.1, -0.05) is 86.5 Å². The molecule has 1 aliphatic heterocycles. The number of benzene rings is 2. The van der Waals surface area contributed by atoms with Crippen LogP contribution in [0.1, 0.15) is 34.6 Å². The van der Waals surface area contributed by atoms with E-state index in [0.29, 0.717) is 6.29 Å². The molecule has 0 unspecified atom stereocenters. The molecule has 170 valence electrons. The van der Waals surface area contributed by atoms with Crippen LogP contribution in [0, 0.1) is 0 Å². The number of carbonyl (C=O) groups is 1. The standard InChI is InChI=1S/C24H31N3O4Si/c1-23(2,3)32(18-12-8-6-9-13-18,19-14-10-7-11-15-19)29-17-20(26-27-25)22-21(16-28)30-24(4,5)31-22/h6-16,20-22H,17H2,1-5H3/t20-,21-,22+/m1/s1. The monoisotopic (exact) mass is 453 g/mol. The number of ether oxygens (including phenoxy) is 2. The molecule has 32 heavy (non-hydrogen) atoms. The highest BCUT2D eigenvalue weighted by molar-refractivity contribution is 6.99. The van der Waals surface area contributed by atoms with E-state index in [0.717, 1.165) is 10.4 Å². The van der Waals surface area contributed by atoms with Crippen LogP contribution < -0.4 is 10.4 Å². The molecule has 0 spiro atoms. The molecule has 3 atom stereocenters. The summed E-state index contributed by atoms with van der Waals surface area (Å²) in [7, 11) is -2.83. The van der Waals surface area contributed by atoms with E-state index in [4.69, 9.17) is 13.9 Å². The second-order valence-electron chi connectivity index (χ2n) is 9.45. The first-order valence-electron chi connectivity index (χ1n) is 10.7. The fourth-order valence-electron chi connectivity index (χ4n) is 4.45. The second-order valence-corrected chi connectivity index (χ2v) is 13.8. The summed E-state index contributed by atoms with van der Waals surface area (Å²) in [6.07, 6.45) is -0.859. The zero-order valence-electron chi connectivity index (χ0n) is 19.3. The third-order valence-corrected chi connectivity index (χ3v) is 10.8. The molecule has 2 aromatic carbocycles. The van der Waals surface area contributed by atoms with Crippen LogP contribution >= 0.6 is 0 Å². The summed E-state index contributed by atoms with van der Waals surface area (Å²) in [5, 5.41) is 5.97. The van der Waals surface area contributed by atoms with Crippen molar-refractivity contribution in [1.29, 1.82) is 0 Å². The minimum absolute atomic E-state index is 0.103. The zero-order valence-corrected chi connectivity index (χ0v) is 20.3. The van der Waals surface area contributed by atoms with E-state index in [-0.39, 0.29) is 11.6 Å². The van der Waals surface area contributed by atoms with Gasteiger partial charge in [0.1, 0.15) is 12.2 Å². The average molecular weight is 454 g/mol. The Bertz CT molecular complexity index is 917. The number of hydrogen-bond donors (Lipinski definition) is 0. The molecule has 0 saturated carbocycles. The maximum absolute atomic E-state index is 11.6. The Morgan fingerprint density at radius 3 is 2.06 bits per heavy atom. The molecule has 1 aliphatic rings. The Morgan fingerprint density at radius 1 is 1.09 bits per heavy atom. The van der Waals surface area contributed by atoms with E-state index >= 15 is 0 Å². The fraction of sp³-hybridized carbons (Fsp3) is 0.458. The van der Waals surface area contributed by atoms with E-state index in [1.807, 2.05) is 36.4 Å². The Morgan fingerprint density at radius 2 is 1.62 bits per heavy atom. The van der Waals surface area contributed by atoms with Crippen LogP contribution in [0.2, 0.25) is 5.04 Å². The van der Waals surface area contributed by atoms with Crippen LogP contribution in [0.5, 0.6) is 0 Å². The van der Waals surface area contributed by atoms with E-state index in [2.05, 4.69) is 55.1 Å². The van der Waals surface area contributed by atoms with Crippen molar-refractivity contribution in [2.75, 3.05) is 6.61 Å². The third kappa shape index (κ3) is 4.80. The molecule has 0 N–H and O–H groups in total. The number of azide groups is 1. The van der Waals surface area contributed by atoms with Crippen LogP contribution in [-0.4, -0.2) is 45.2 Å². The zero-order chi connectivity index (χ0) is 23.4. The van der Waals surface area contributed by atoms with E-state index in [9.17, 15) is 10.3 Å². The van der Waals surface area contributed by atoms with Crippen molar-refractivity contribution >= 4 is 25.0 Å². The molecule has 0 bridgehead atoms. The smallest absolute Gasteiger partial charge is 0.261 e. The van der Waals surface area contributed by atoms with Gasteiger partial charge < -0.3 is 18.7 Å². The van der Waals surface area contributed by atoms with Gasteiger partial charge in [0.25, 0.3) is 8.32 Å². The number of rotatable bonds is 8. The maximum Gasteiger partial charge on any atom is 0.261 e. The highest BCUT2D eigenvalue weighted by Crippen LogP contribution is 2.38.